The number of benzene rings is 2. The van der Waals surface area contributed by atoms with E-state index in [2.05, 4.69) is 15.6 Å². The second kappa shape index (κ2) is 7.99. The van der Waals surface area contributed by atoms with Crippen LogP contribution in [0.4, 0.5) is 11.4 Å². The van der Waals surface area contributed by atoms with E-state index >= 15 is 0 Å². The highest BCUT2D eigenvalue weighted by Crippen LogP contribution is 2.22. The minimum absolute atomic E-state index is 0.261. The number of aromatic nitrogens is 1. The summed E-state index contributed by atoms with van der Waals surface area (Å²) in [6.45, 7) is 0. The number of halogens is 2. The Morgan fingerprint density at radius 3 is 2.08 bits per heavy atom. The molecule has 5 nitrogen and oxygen atoms in total. The lowest BCUT2D eigenvalue weighted by Gasteiger charge is -2.09. The number of amides is 2. The molecular weight excluding hydrogens is 373 g/mol. The van der Waals surface area contributed by atoms with Crippen molar-refractivity contribution in [2.45, 2.75) is 0 Å². The Kier molecular flexibility index (Phi) is 5.51. The third-order valence-corrected chi connectivity index (χ3v) is 4.05. The van der Waals surface area contributed by atoms with Gasteiger partial charge in [-0.25, -0.2) is 0 Å². The van der Waals surface area contributed by atoms with E-state index in [0.717, 1.165) is 0 Å². The van der Waals surface area contributed by atoms with E-state index in [1.54, 1.807) is 54.7 Å². The summed E-state index contributed by atoms with van der Waals surface area (Å²) in [4.78, 5) is 28.3. The number of pyridine rings is 1. The Balaban J connectivity index is 1.66. The molecule has 1 aromatic heterocycles. The Labute approximate surface area is 160 Å². The van der Waals surface area contributed by atoms with E-state index in [4.69, 9.17) is 23.2 Å². The molecular formula is C19H13Cl2N3O2. The first-order chi connectivity index (χ1) is 12.5. The van der Waals surface area contributed by atoms with Gasteiger partial charge in [0.1, 0.15) is 0 Å². The summed E-state index contributed by atoms with van der Waals surface area (Å²) in [6.07, 6.45) is 3.08. The maximum atomic E-state index is 12.3. The van der Waals surface area contributed by atoms with Crippen molar-refractivity contribution in [3.8, 4) is 0 Å². The minimum Gasteiger partial charge on any atom is -0.322 e. The molecule has 0 fully saturated rings. The summed E-state index contributed by atoms with van der Waals surface area (Å²) in [7, 11) is 0. The van der Waals surface area contributed by atoms with Crippen LogP contribution in [0.3, 0.4) is 0 Å². The molecule has 2 amide bonds. The molecule has 2 aromatic carbocycles. The zero-order valence-corrected chi connectivity index (χ0v) is 14.9. The van der Waals surface area contributed by atoms with Crippen LogP contribution < -0.4 is 10.6 Å². The molecule has 7 heteroatoms. The molecule has 0 bridgehead atoms. The maximum Gasteiger partial charge on any atom is 0.257 e. The first-order valence-electron chi connectivity index (χ1n) is 7.61. The molecule has 0 aliphatic rings. The zero-order valence-electron chi connectivity index (χ0n) is 13.4. The van der Waals surface area contributed by atoms with Gasteiger partial charge in [0.25, 0.3) is 11.8 Å². The number of hydrogen-bond donors (Lipinski definition) is 2. The van der Waals surface area contributed by atoms with Crippen LogP contribution in [0, 0.1) is 0 Å². The number of nitrogens with zero attached hydrogens (tertiary/aromatic N) is 1. The van der Waals surface area contributed by atoms with Crippen molar-refractivity contribution in [2.75, 3.05) is 10.6 Å². The number of carbonyl (C=O) groups excluding carboxylic acids is 2. The van der Waals surface area contributed by atoms with Gasteiger partial charge in [0, 0.05) is 28.8 Å². The van der Waals surface area contributed by atoms with Crippen LogP contribution in [-0.4, -0.2) is 16.8 Å². The van der Waals surface area contributed by atoms with Gasteiger partial charge in [-0.1, -0.05) is 23.2 Å². The quantitative estimate of drug-likeness (QED) is 0.671. The molecule has 0 radical (unpaired) electrons. The second-order valence-electron chi connectivity index (χ2n) is 5.35. The first kappa shape index (κ1) is 17.9. The lowest BCUT2D eigenvalue weighted by atomic mass is 10.2. The van der Waals surface area contributed by atoms with E-state index in [1.807, 2.05) is 0 Å². The third-order valence-electron chi connectivity index (χ3n) is 3.50. The van der Waals surface area contributed by atoms with Crippen molar-refractivity contribution in [3.63, 3.8) is 0 Å². The van der Waals surface area contributed by atoms with E-state index in [9.17, 15) is 9.59 Å². The molecule has 0 saturated heterocycles. The fraction of sp³-hybridized carbons (Fsp3) is 0. The molecule has 3 rings (SSSR count). The molecule has 0 saturated carbocycles. The highest BCUT2D eigenvalue weighted by molar-refractivity contribution is 6.37. The summed E-state index contributed by atoms with van der Waals surface area (Å²) >= 11 is 11.9. The lowest BCUT2D eigenvalue weighted by molar-refractivity contribution is 0.101. The van der Waals surface area contributed by atoms with Crippen LogP contribution >= 0.6 is 23.2 Å². The highest BCUT2D eigenvalue weighted by atomic mass is 35.5. The van der Waals surface area contributed by atoms with Crippen LogP contribution in [0.25, 0.3) is 0 Å². The summed E-state index contributed by atoms with van der Waals surface area (Å²) < 4.78 is 0. The van der Waals surface area contributed by atoms with Crippen LogP contribution in [-0.2, 0) is 0 Å². The van der Waals surface area contributed by atoms with Gasteiger partial charge >= 0.3 is 0 Å². The van der Waals surface area contributed by atoms with Crippen molar-refractivity contribution in [2.24, 2.45) is 0 Å². The summed E-state index contributed by atoms with van der Waals surface area (Å²) in [6, 6.07) is 14.8. The first-order valence-corrected chi connectivity index (χ1v) is 8.36. The lowest BCUT2D eigenvalue weighted by Crippen LogP contribution is -2.13. The molecule has 0 aliphatic carbocycles. The standard InChI is InChI=1S/C19H13Cl2N3O2/c20-13-3-8-16(17(21)10-13)19(26)24-15-6-4-14(5-7-15)23-18(25)12-2-1-9-22-11-12/h1-11H,(H,23,25)(H,24,26). The number of carbonyl (C=O) groups is 2. The molecule has 130 valence electrons. The van der Waals surface area contributed by atoms with Crippen molar-refractivity contribution in [1.29, 1.82) is 0 Å². The number of anilines is 2. The Bertz CT molecular complexity index is 945. The number of hydrogen-bond acceptors (Lipinski definition) is 3. The Morgan fingerprint density at radius 2 is 1.50 bits per heavy atom. The molecule has 26 heavy (non-hydrogen) atoms. The summed E-state index contributed by atoms with van der Waals surface area (Å²) in [5.74, 6) is -0.610. The molecule has 0 spiro atoms. The van der Waals surface area contributed by atoms with E-state index < -0.39 is 0 Å². The SMILES string of the molecule is O=C(Nc1ccc(NC(=O)c2ccc(Cl)cc2Cl)cc1)c1cccnc1. The monoisotopic (exact) mass is 385 g/mol. The summed E-state index contributed by atoms with van der Waals surface area (Å²) in [5.41, 5.74) is 1.95. The minimum atomic E-state index is -0.348. The molecule has 3 aromatic rings. The number of rotatable bonds is 4. The van der Waals surface area contributed by atoms with Crippen LogP contribution in [0.15, 0.2) is 67.0 Å². The van der Waals surface area contributed by atoms with Gasteiger partial charge in [-0.05, 0) is 54.6 Å². The average molecular weight is 386 g/mol. The molecule has 2 N–H and O–H groups in total. The van der Waals surface area contributed by atoms with Crippen LogP contribution in [0.5, 0.6) is 0 Å². The predicted molar refractivity (Wildman–Crippen MR) is 103 cm³/mol. The largest absolute Gasteiger partial charge is 0.322 e. The van der Waals surface area contributed by atoms with Gasteiger partial charge in [0.2, 0.25) is 0 Å². The maximum absolute atomic E-state index is 12.3. The fourth-order valence-electron chi connectivity index (χ4n) is 2.21. The average Bonchev–Trinajstić information content (AvgIpc) is 2.64. The second-order valence-corrected chi connectivity index (χ2v) is 6.20. The zero-order chi connectivity index (χ0) is 18.5. The van der Waals surface area contributed by atoms with Crippen molar-refractivity contribution >= 4 is 46.4 Å². The van der Waals surface area contributed by atoms with Crippen LogP contribution in [0.2, 0.25) is 10.0 Å². The van der Waals surface area contributed by atoms with Gasteiger partial charge in [0.15, 0.2) is 0 Å². The Morgan fingerprint density at radius 1 is 0.846 bits per heavy atom. The van der Waals surface area contributed by atoms with Crippen molar-refractivity contribution in [1.82, 2.24) is 4.98 Å². The topological polar surface area (TPSA) is 71.1 Å². The van der Waals surface area contributed by atoms with Crippen molar-refractivity contribution < 1.29 is 9.59 Å². The van der Waals surface area contributed by atoms with Crippen LogP contribution in [0.1, 0.15) is 20.7 Å². The predicted octanol–water partition coefficient (Wildman–Crippen LogP) is 4.89. The van der Waals surface area contributed by atoms with Gasteiger partial charge in [-0.2, -0.15) is 0 Å². The van der Waals surface area contributed by atoms with Gasteiger partial charge in [0.05, 0.1) is 16.1 Å². The van der Waals surface area contributed by atoms with E-state index in [0.29, 0.717) is 27.5 Å². The van der Waals surface area contributed by atoms with E-state index in [-0.39, 0.29) is 16.8 Å². The van der Waals surface area contributed by atoms with Gasteiger partial charge < -0.3 is 10.6 Å². The molecule has 0 unspecified atom stereocenters. The smallest absolute Gasteiger partial charge is 0.257 e. The summed E-state index contributed by atoms with van der Waals surface area (Å²) in [5, 5.41) is 6.23. The molecule has 1 heterocycles. The third kappa shape index (κ3) is 4.39. The molecule has 0 aliphatic heterocycles. The fourth-order valence-corrected chi connectivity index (χ4v) is 2.70. The number of nitrogens with one attached hydrogen (secondary N) is 2. The normalized spacial score (nSPS) is 10.2. The molecule has 0 atom stereocenters. The van der Waals surface area contributed by atoms with E-state index in [1.165, 1.54) is 12.3 Å². The Hall–Kier alpha value is -2.89. The van der Waals surface area contributed by atoms with Crippen molar-refractivity contribution in [3.05, 3.63) is 88.2 Å². The van der Waals surface area contributed by atoms with Gasteiger partial charge in [-0.15, -0.1) is 0 Å². The van der Waals surface area contributed by atoms with Gasteiger partial charge in [-0.3, -0.25) is 14.6 Å². The highest BCUT2D eigenvalue weighted by Gasteiger charge is 2.11.